The molecular formula is C21H20N2O7S2. The minimum absolute atomic E-state index is 0.164. The van der Waals surface area contributed by atoms with E-state index in [2.05, 4.69) is 0 Å². The number of benzene rings is 2. The number of morpholine rings is 1. The highest BCUT2D eigenvalue weighted by molar-refractivity contribution is 7.89. The van der Waals surface area contributed by atoms with Crippen molar-refractivity contribution in [2.45, 2.75) is 11.8 Å². The first-order chi connectivity index (χ1) is 15.3. The molecule has 0 radical (unpaired) electrons. The van der Waals surface area contributed by atoms with Crippen LogP contribution in [0.4, 0.5) is 5.69 Å². The lowest BCUT2D eigenvalue weighted by atomic mass is 10.1. The molecule has 0 saturated carbocycles. The van der Waals surface area contributed by atoms with Gasteiger partial charge in [0.2, 0.25) is 15.8 Å². The Morgan fingerprint density at radius 2 is 1.94 bits per heavy atom. The summed E-state index contributed by atoms with van der Waals surface area (Å²) in [6.45, 7) is 2.34. The molecule has 1 aromatic heterocycles. The lowest BCUT2D eigenvalue weighted by molar-refractivity contribution is -0.386. The average Bonchev–Trinajstić information content (AvgIpc) is 3.14. The molecule has 1 saturated heterocycles. The lowest BCUT2D eigenvalue weighted by Gasteiger charge is -2.26. The van der Waals surface area contributed by atoms with Crippen molar-refractivity contribution in [3.05, 3.63) is 63.0 Å². The van der Waals surface area contributed by atoms with Gasteiger partial charge < -0.3 is 9.47 Å². The molecule has 32 heavy (non-hydrogen) atoms. The minimum atomic E-state index is -3.90. The Labute approximate surface area is 188 Å². The van der Waals surface area contributed by atoms with Crippen LogP contribution in [0.1, 0.15) is 15.2 Å². The predicted octanol–water partition coefficient (Wildman–Crippen LogP) is 3.40. The molecule has 4 rings (SSSR count). The number of Topliss-reactive ketones (excluding diaryl/α,β-unsaturated/α-hetero) is 1. The number of rotatable bonds is 7. The van der Waals surface area contributed by atoms with Crippen molar-refractivity contribution < 1.29 is 27.6 Å². The molecule has 2 aromatic carbocycles. The van der Waals surface area contributed by atoms with E-state index in [9.17, 15) is 23.3 Å². The van der Waals surface area contributed by atoms with E-state index >= 15 is 0 Å². The van der Waals surface area contributed by atoms with Crippen molar-refractivity contribution in [2.24, 2.45) is 0 Å². The number of hydrogen-bond acceptors (Lipinski definition) is 8. The Morgan fingerprint density at radius 1 is 1.22 bits per heavy atom. The van der Waals surface area contributed by atoms with Gasteiger partial charge in [0.15, 0.2) is 12.4 Å². The molecular weight excluding hydrogens is 456 g/mol. The molecule has 0 N–H and O–H groups in total. The fourth-order valence-electron chi connectivity index (χ4n) is 3.51. The third-order valence-corrected chi connectivity index (χ3v) is 8.40. The average molecular weight is 477 g/mol. The number of nitro groups is 1. The SMILES string of the molecule is Cc1c(C(=O)COc2ccc(S(=O)(=O)N3CCOCC3)cc2[N+](=O)[O-])sc2ccccc12. The van der Waals surface area contributed by atoms with Gasteiger partial charge >= 0.3 is 5.69 Å². The van der Waals surface area contributed by atoms with Crippen LogP contribution in [-0.2, 0) is 14.8 Å². The van der Waals surface area contributed by atoms with Gasteiger partial charge in [-0.25, -0.2) is 8.42 Å². The van der Waals surface area contributed by atoms with Gasteiger partial charge in [-0.15, -0.1) is 11.3 Å². The van der Waals surface area contributed by atoms with Gasteiger partial charge in [-0.05, 0) is 36.1 Å². The second-order valence-corrected chi connectivity index (χ2v) is 10.2. The summed E-state index contributed by atoms with van der Waals surface area (Å²) in [5, 5.41) is 12.6. The molecule has 0 amide bonds. The summed E-state index contributed by atoms with van der Waals surface area (Å²) in [6, 6.07) is 11.1. The van der Waals surface area contributed by atoms with Gasteiger partial charge in [0.05, 0.1) is 27.9 Å². The highest BCUT2D eigenvalue weighted by atomic mass is 32.2. The third kappa shape index (κ3) is 4.24. The topological polar surface area (TPSA) is 116 Å². The zero-order chi connectivity index (χ0) is 22.9. The van der Waals surface area contributed by atoms with Crippen LogP contribution in [0.25, 0.3) is 10.1 Å². The fraction of sp³-hybridized carbons (Fsp3) is 0.286. The summed E-state index contributed by atoms with van der Waals surface area (Å²) >= 11 is 1.34. The van der Waals surface area contributed by atoms with Crippen molar-refractivity contribution in [3.63, 3.8) is 0 Å². The summed E-state index contributed by atoms with van der Waals surface area (Å²) in [7, 11) is -3.90. The normalized spacial score (nSPS) is 15.0. The van der Waals surface area contributed by atoms with E-state index in [1.54, 1.807) is 0 Å². The Balaban J connectivity index is 1.56. The number of carbonyl (C=O) groups is 1. The number of fused-ring (bicyclic) bond motifs is 1. The highest BCUT2D eigenvalue weighted by Crippen LogP contribution is 2.33. The first kappa shape index (κ1) is 22.3. The Morgan fingerprint density at radius 3 is 2.62 bits per heavy atom. The zero-order valence-electron chi connectivity index (χ0n) is 17.1. The summed E-state index contributed by atoms with van der Waals surface area (Å²) in [4.78, 5) is 23.9. The van der Waals surface area contributed by atoms with Gasteiger partial charge in [-0.3, -0.25) is 14.9 Å². The summed E-state index contributed by atoms with van der Waals surface area (Å²) < 4.78 is 38.4. The third-order valence-electron chi connectivity index (χ3n) is 5.19. The highest BCUT2D eigenvalue weighted by Gasteiger charge is 2.29. The number of ketones is 1. The Bertz CT molecular complexity index is 1290. The molecule has 9 nitrogen and oxygen atoms in total. The minimum Gasteiger partial charge on any atom is -0.478 e. The van der Waals surface area contributed by atoms with Crippen molar-refractivity contribution in [3.8, 4) is 5.75 Å². The van der Waals surface area contributed by atoms with Crippen LogP contribution >= 0.6 is 11.3 Å². The zero-order valence-corrected chi connectivity index (χ0v) is 18.8. The number of thiophene rings is 1. The summed E-state index contributed by atoms with van der Waals surface area (Å²) in [6.07, 6.45) is 0. The molecule has 1 aliphatic heterocycles. The maximum Gasteiger partial charge on any atom is 0.312 e. The van der Waals surface area contributed by atoms with Crippen LogP contribution in [-0.4, -0.2) is 56.3 Å². The van der Waals surface area contributed by atoms with Crippen LogP contribution in [0, 0.1) is 17.0 Å². The van der Waals surface area contributed by atoms with E-state index in [1.807, 2.05) is 31.2 Å². The molecule has 2 heterocycles. The lowest BCUT2D eigenvalue weighted by Crippen LogP contribution is -2.40. The molecule has 1 aliphatic rings. The second-order valence-electron chi connectivity index (χ2n) is 7.17. The van der Waals surface area contributed by atoms with E-state index < -0.39 is 27.2 Å². The van der Waals surface area contributed by atoms with E-state index in [1.165, 1.54) is 27.8 Å². The Hall–Kier alpha value is -2.86. The largest absolute Gasteiger partial charge is 0.478 e. The van der Waals surface area contributed by atoms with Gasteiger partial charge in [0.25, 0.3) is 0 Å². The number of nitrogens with zero attached hydrogens (tertiary/aromatic N) is 2. The van der Waals surface area contributed by atoms with E-state index in [0.29, 0.717) is 4.88 Å². The van der Waals surface area contributed by atoms with Gasteiger partial charge in [-0.1, -0.05) is 18.2 Å². The van der Waals surface area contributed by atoms with Crippen molar-refractivity contribution in [1.82, 2.24) is 4.31 Å². The number of sulfonamides is 1. The van der Waals surface area contributed by atoms with Gasteiger partial charge in [0, 0.05) is 23.9 Å². The molecule has 0 bridgehead atoms. The first-order valence-corrected chi connectivity index (χ1v) is 12.0. The van der Waals surface area contributed by atoms with Crippen LogP contribution in [0.15, 0.2) is 47.4 Å². The smallest absolute Gasteiger partial charge is 0.312 e. The van der Waals surface area contributed by atoms with Crippen LogP contribution in [0.3, 0.4) is 0 Å². The molecule has 0 spiro atoms. The predicted molar refractivity (Wildman–Crippen MR) is 119 cm³/mol. The van der Waals surface area contributed by atoms with Crippen LogP contribution in [0.5, 0.6) is 5.75 Å². The summed E-state index contributed by atoms with van der Waals surface area (Å²) in [5.41, 5.74) is 0.320. The summed E-state index contributed by atoms with van der Waals surface area (Å²) in [5.74, 6) is -0.467. The Kier molecular flexibility index (Phi) is 6.24. The van der Waals surface area contributed by atoms with E-state index in [4.69, 9.17) is 9.47 Å². The standard InChI is InChI=1S/C21H20N2O7S2/c1-14-16-4-2-3-5-20(16)31-21(14)18(24)13-30-19-7-6-15(12-17(19)23(25)26)32(27,28)22-8-10-29-11-9-22/h2-7,12H,8-11,13H2,1H3. The maximum absolute atomic E-state index is 12.8. The molecule has 1 fully saturated rings. The molecule has 0 atom stereocenters. The molecule has 168 valence electrons. The fourth-order valence-corrected chi connectivity index (χ4v) is 6.07. The second kappa shape index (κ2) is 8.94. The van der Waals surface area contributed by atoms with Crippen molar-refractivity contribution >= 4 is 42.9 Å². The number of carbonyl (C=O) groups excluding carboxylic acids is 1. The number of aryl methyl sites for hydroxylation is 1. The van der Waals surface area contributed by atoms with Crippen LogP contribution in [0.2, 0.25) is 0 Å². The molecule has 3 aromatic rings. The molecule has 11 heteroatoms. The monoisotopic (exact) mass is 476 g/mol. The quantitative estimate of drug-likeness (QED) is 0.291. The maximum atomic E-state index is 12.8. The van der Waals surface area contributed by atoms with Crippen molar-refractivity contribution in [1.29, 1.82) is 0 Å². The van der Waals surface area contributed by atoms with Gasteiger partial charge in [0.1, 0.15) is 0 Å². The van der Waals surface area contributed by atoms with E-state index in [-0.39, 0.29) is 42.7 Å². The number of ether oxygens (including phenoxy) is 2. The van der Waals surface area contributed by atoms with Crippen LogP contribution < -0.4 is 4.74 Å². The first-order valence-electron chi connectivity index (χ1n) is 9.79. The number of nitro benzene ring substituents is 1. The number of hydrogen-bond donors (Lipinski definition) is 0. The van der Waals surface area contributed by atoms with Gasteiger partial charge in [-0.2, -0.15) is 4.31 Å². The van der Waals surface area contributed by atoms with E-state index in [0.717, 1.165) is 21.7 Å². The van der Waals surface area contributed by atoms with Crippen molar-refractivity contribution in [2.75, 3.05) is 32.9 Å². The molecule has 0 unspecified atom stereocenters. The molecule has 0 aliphatic carbocycles.